The van der Waals surface area contributed by atoms with Gasteiger partial charge in [-0.15, -0.1) is 0 Å². The van der Waals surface area contributed by atoms with Gasteiger partial charge in [-0.25, -0.2) is 0 Å². The summed E-state index contributed by atoms with van der Waals surface area (Å²) in [6.07, 6.45) is -8.61. The van der Waals surface area contributed by atoms with E-state index in [2.05, 4.69) is 0 Å². The van der Waals surface area contributed by atoms with Crippen molar-refractivity contribution in [2.75, 3.05) is 25.5 Å². The van der Waals surface area contributed by atoms with Gasteiger partial charge < -0.3 is 9.80 Å². The lowest BCUT2D eigenvalue weighted by atomic mass is 10.0. The van der Waals surface area contributed by atoms with Gasteiger partial charge in [0.2, 0.25) is 5.91 Å². The second kappa shape index (κ2) is 9.17. The Labute approximate surface area is 159 Å². The number of unbranched alkanes of at least 4 members (excludes halogenated alkanes) is 1. The second-order valence-corrected chi connectivity index (χ2v) is 6.47. The number of hydrogen-bond acceptors (Lipinski definition) is 3. The Morgan fingerprint density at radius 2 is 1.79 bits per heavy atom. The number of carbonyl (C=O) groups excluding carboxylic acids is 1. The number of anilines is 1. The van der Waals surface area contributed by atoms with E-state index in [1.807, 2.05) is 0 Å². The third-order valence-electron chi connectivity index (χ3n) is 4.04. The van der Waals surface area contributed by atoms with Crippen molar-refractivity contribution in [1.82, 2.24) is 4.90 Å². The normalized spacial score (nSPS) is 13.0. The minimum absolute atomic E-state index is 0.0466. The van der Waals surface area contributed by atoms with E-state index < -0.39 is 47.7 Å². The summed E-state index contributed by atoms with van der Waals surface area (Å²) in [5, 5.41) is 8.88. The fourth-order valence-corrected chi connectivity index (χ4v) is 2.73. The topological polar surface area (TPSA) is 47.3 Å². The van der Waals surface area contributed by atoms with Crippen LogP contribution >= 0.6 is 0 Å². The molecule has 0 saturated carbocycles. The first-order chi connectivity index (χ1) is 12.8. The molecule has 4 nitrogen and oxygen atoms in total. The third kappa shape index (κ3) is 6.32. The second-order valence-electron chi connectivity index (χ2n) is 6.47. The number of nitriles is 1. The number of hydrogen-bond donors (Lipinski definition) is 0. The number of benzene rings is 1. The summed E-state index contributed by atoms with van der Waals surface area (Å²) in [5.41, 5.74) is -2.46. The molecule has 0 aliphatic carbocycles. The maximum atomic E-state index is 13.2. The van der Waals surface area contributed by atoms with Crippen LogP contribution < -0.4 is 4.90 Å². The lowest BCUT2D eigenvalue weighted by Gasteiger charge is -2.35. The van der Waals surface area contributed by atoms with Gasteiger partial charge in [-0.2, -0.15) is 31.6 Å². The molecule has 0 aromatic heterocycles. The highest BCUT2D eigenvalue weighted by Gasteiger charge is 2.39. The molecule has 1 unspecified atom stereocenters. The zero-order valence-corrected chi connectivity index (χ0v) is 15.7. The Hall–Kier alpha value is -2.44. The fourth-order valence-electron chi connectivity index (χ4n) is 2.73. The molecule has 10 heteroatoms. The molecule has 0 saturated heterocycles. The molecule has 1 rings (SSSR count). The summed E-state index contributed by atoms with van der Waals surface area (Å²) in [6.45, 7) is 0.193. The first-order valence-electron chi connectivity index (χ1n) is 8.47. The zero-order valence-electron chi connectivity index (χ0n) is 15.7. The molecule has 0 heterocycles. The van der Waals surface area contributed by atoms with Crippen LogP contribution in [0.4, 0.5) is 32.0 Å². The molecule has 0 spiro atoms. The standard InChI is InChI=1S/C18H21F6N3O/c1-4-5-6-15(16(28)26(2)3)27(11-17(19,20)21)13-8-7-12(10-25)14(9-13)18(22,23)24/h7-9,15H,4-6,11H2,1-3H3. The van der Waals surface area contributed by atoms with Gasteiger partial charge in [-0.1, -0.05) is 19.8 Å². The van der Waals surface area contributed by atoms with E-state index in [1.165, 1.54) is 20.2 Å². The van der Waals surface area contributed by atoms with Gasteiger partial charge in [0.25, 0.3) is 0 Å². The highest BCUT2D eigenvalue weighted by Crippen LogP contribution is 2.36. The average molecular weight is 409 g/mol. The van der Waals surface area contributed by atoms with Crippen molar-refractivity contribution in [3.05, 3.63) is 29.3 Å². The van der Waals surface area contributed by atoms with Crippen molar-refractivity contribution in [2.45, 2.75) is 44.6 Å². The van der Waals surface area contributed by atoms with Crippen LogP contribution in [0.3, 0.4) is 0 Å². The summed E-state index contributed by atoms with van der Waals surface area (Å²) in [4.78, 5) is 14.2. The Balaban J connectivity index is 3.56. The lowest BCUT2D eigenvalue weighted by Crippen LogP contribution is -2.50. The Morgan fingerprint density at radius 3 is 2.21 bits per heavy atom. The van der Waals surface area contributed by atoms with Crippen molar-refractivity contribution in [1.29, 1.82) is 5.26 Å². The summed E-state index contributed by atoms with van der Waals surface area (Å²) >= 11 is 0. The number of rotatable bonds is 7. The average Bonchev–Trinajstić information content (AvgIpc) is 2.58. The molecule has 1 aromatic carbocycles. The number of carbonyl (C=O) groups is 1. The van der Waals surface area contributed by atoms with Crippen LogP contribution in [0.15, 0.2) is 18.2 Å². The highest BCUT2D eigenvalue weighted by molar-refractivity contribution is 5.85. The van der Waals surface area contributed by atoms with E-state index in [0.29, 0.717) is 23.8 Å². The Morgan fingerprint density at radius 1 is 1.18 bits per heavy atom. The lowest BCUT2D eigenvalue weighted by molar-refractivity contribution is -0.137. The van der Waals surface area contributed by atoms with Gasteiger partial charge in [0.15, 0.2) is 0 Å². The Kier molecular flexibility index (Phi) is 7.73. The molecule has 28 heavy (non-hydrogen) atoms. The third-order valence-corrected chi connectivity index (χ3v) is 4.04. The fraction of sp³-hybridized carbons (Fsp3) is 0.556. The molecule has 156 valence electrons. The quantitative estimate of drug-likeness (QED) is 0.619. The van der Waals surface area contributed by atoms with Crippen LogP contribution in [-0.2, 0) is 11.0 Å². The van der Waals surface area contributed by atoms with Gasteiger partial charge in [-0.05, 0) is 24.6 Å². The number of alkyl halides is 6. The number of likely N-dealkylation sites (N-methyl/N-ethyl adjacent to an activating group) is 1. The minimum Gasteiger partial charge on any atom is -0.350 e. The Bertz CT molecular complexity index is 722. The molecular weight excluding hydrogens is 388 g/mol. The van der Waals surface area contributed by atoms with Crippen LogP contribution in [0.25, 0.3) is 0 Å². The van der Waals surface area contributed by atoms with Gasteiger partial charge in [0.1, 0.15) is 12.6 Å². The molecule has 1 aromatic rings. The molecular formula is C18H21F6N3O. The predicted octanol–water partition coefficient (Wildman–Crippen LogP) is 4.59. The van der Waals surface area contributed by atoms with Crippen molar-refractivity contribution in [2.24, 2.45) is 0 Å². The molecule has 0 aliphatic heterocycles. The number of amides is 1. The van der Waals surface area contributed by atoms with Crippen LogP contribution in [0, 0.1) is 11.3 Å². The van der Waals surface area contributed by atoms with Crippen molar-refractivity contribution in [3.63, 3.8) is 0 Å². The molecule has 0 N–H and O–H groups in total. The van der Waals surface area contributed by atoms with Crippen LogP contribution in [0.1, 0.15) is 37.3 Å². The van der Waals surface area contributed by atoms with Crippen molar-refractivity contribution in [3.8, 4) is 6.07 Å². The zero-order chi connectivity index (χ0) is 21.7. The largest absolute Gasteiger partial charge is 0.417 e. The van der Waals surface area contributed by atoms with Crippen molar-refractivity contribution < 1.29 is 31.1 Å². The first-order valence-corrected chi connectivity index (χ1v) is 8.47. The van der Waals surface area contributed by atoms with Crippen molar-refractivity contribution >= 4 is 11.6 Å². The van der Waals surface area contributed by atoms with Gasteiger partial charge in [0, 0.05) is 19.8 Å². The predicted molar refractivity (Wildman–Crippen MR) is 91.6 cm³/mol. The van der Waals surface area contributed by atoms with Crippen LogP contribution in [-0.4, -0.2) is 43.7 Å². The van der Waals surface area contributed by atoms with E-state index in [4.69, 9.17) is 5.26 Å². The summed E-state index contributed by atoms with van der Waals surface area (Å²) < 4.78 is 79.3. The van der Waals surface area contributed by atoms with Gasteiger partial charge in [0.05, 0.1) is 17.2 Å². The number of halogens is 6. The SMILES string of the molecule is CCCCC(C(=O)N(C)C)N(CC(F)(F)F)c1ccc(C#N)c(C(F)(F)F)c1. The summed E-state index contributed by atoms with van der Waals surface area (Å²) in [7, 11) is 2.74. The molecule has 0 radical (unpaired) electrons. The van der Waals surface area contributed by atoms with Gasteiger partial charge >= 0.3 is 12.4 Å². The molecule has 1 atom stereocenters. The smallest absolute Gasteiger partial charge is 0.350 e. The summed E-state index contributed by atoms with van der Waals surface area (Å²) in [5.74, 6) is -0.643. The maximum absolute atomic E-state index is 13.2. The molecule has 0 bridgehead atoms. The molecule has 0 aliphatic rings. The van der Waals surface area contributed by atoms with E-state index in [0.717, 1.165) is 17.0 Å². The number of nitrogens with zero attached hydrogens (tertiary/aromatic N) is 3. The van der Waals surface area contributed by atoms with E-state index in [9.17, 15) is 31.1 Å². The van der Waals surface area contributed by atoms with E-state index in [1.54, 1.807) is 6.92 Å². The molecule has 0 fully saturated rings. The van der Waals surface area contributed by atoms with E-state index >= 15 is 0 Å². The highest BCUT2D eigenvalue weighted by atomic mass is 19.4. The molecule has 1 amide bonds. The monoisotopic (exact) mass is 409 g/mol. The van der Waals surface area contributed by atoms with Gasteiger partial charge in [-0.3, -0.25) is 4.79 Å². The maximum Gasteiger partial charge on any atom is 0.417 e. The van der Waals surface area contributed by atoms with E-state index in [-0.39, 0.29) is 6.42 Å². The van der Waals surface area contributed by atoms with Crippen LogP contribution in [0.5, 0.6) is 0 Å². The van der Waals surface area contributed by atoms with Crippen LogP contribution in [0.2, 0.25) is 0 Å². The summed E-state index contributed by atoms with van der Waals surface area (Å²) in [6, 6.07) is 2.41. The first kappa shape index (κ1) is 23.6. The minimum atomic E-state index is -4.92.